The average molecular weight is 252 g/mol. The molecule has 0 atom stereocenters. The molecule has 1 heterocycles. The number of hydrogen-bond acceptors (Lipinski definition) is 5. The molecule has 0 radical (unpaired) electrons. The maximum absolute atomic E-state index is 11.8. The van der Waals surface area contributed by atoms with Crippen molar-refractivity contribution in [3.63, 3.8) is 0 Å². The van der Waals surface area contributed by atoms with Crippen molar-refractivity contribution >= 4 is 11.6 Å². The van der Waals surface area contributed by atoms with Gasteiger partial charge in [0.05, 0.1) is 24.1 Å². The lowest BCUT2D eigenvalue weighted by atomic mass is 10.2. The van der Waals surface area contributed by atoms with Crippen molar-refractivity contribution in [3.05, 3.63) is 24.0 Å². The number of nitrogens with zero attached hydrogens (tertiary/aromatic N) is 1. The number of nitrogens with two attached hydrogens (primary N) is 1. The van der Waals surface area contributed by atoms with Gasteiger partial charge in [-0.3, -0.25) is 15.6 Å². The van der Waals surface area contributed by atoms with Gasteiger partial charge < -0.3 is 15.5 Å². The van der Waals surface area contributed by atoms with E-state index < -0.39 is 0 Å². The van der Waals surface area contributed by atoms with E-state index in [-0.39, 0.29) is 5.91 Å². The Hall–Kier alpha value is -1.66. The Balaban J connectivity index is 2.36. The van der Waals surface area contributed by atoms with Crippen molar-refractivity contribution in [2.75, 3.05) is 25.2 Å². The fourth-order valence-electron chi connectivity index (χ4n) is 1.36. The number of hydrazine groups is 1. The van der Waals surface area contributed by atoms with Crippen LogP contribution in [-0.4, -0.2) is 30.6 Å². The fourth-order valence-corrected chi connectivity index (χ4v) is 1.36. The zero-order valence-electron chi connectivity index (χ0n) is 10.8. The zero-order valence-corrected chi connectivity index (χ0v) is 10.8. The van der Waals surface area contributed by atoms with Gasteiger partial charge in [-0.1, -0.05) is 13.8 Å². The second-order valence-corrected chi connectivity index (χ2v) is 4.29. The number of hydrogen-bond donors (Lipinski definition) is 3. The molecule has 0 aliphatic carbocycles. The summed E-state index contributed by atoms with van der Waals surface area (Å²) in [6.45, 7) is 5.82. The SMILES string of the molecule is CC(C)COCCNC(=O)c1ccncc1NN. The van der Waals surface area contributed by atoms with Crippen LogP contribution in [0.5, 0.6) is 0 Å². The Labute approximate surface area is 107 Å². The molecule has 1 aromatic heterocycles. The number of nitrogens with one attached hydrogen (secondary N) is 2. The number of amides is 1. The summed E-state index contributed by atoms with van der Waals surface area (Å²) in [7, 11) is 0. The van der Waals surface area contributed by atoms with Crippen molar-refractivity contribution in [1.82, 2.24) is 10.3 Å². The minimum atomic E-state index is -0.196. The fraction of sp³-hybridized carbons (Fsp3) is 0.500. The smallest absolute Gasteiger partial charge is 0.253 e. The van der Waals surface area contributed by atoms with Crippen LogP contribution in [-0.2, 0) is 4.74 Å². The van der Waals surface area contributed by atoms with E-state index in [1.165, 1.54) is 6.20 Å². The molecule has 0 aromatic carbocycles. The summed E-state index contributed by atoms with van der Waals surface area (Å²) in [4.78, 5) is 15.7. The molecule has 6 nitrogen and oxygen atoms in total. The highest BCUT2D eigenvalue weighted by molar-refractivity contribution is 5.99. The normalized spacial score (nSPS) is 10.4. The molecule has 0 unspecified atom stereocenters. The third-order valence-corrected chi connectivity index (χ3v) is 2.20. The highest BCUT2D eigenvalue weighted by Gasteiger charge is 2.09. The average Bonchev–Trinajstić information content (AvgIpc) is 2.37. The van der Waals surface area contributed by atoms with E-state index in [9.17, 15) is 4.79 Å². The van der Waals surface area contributed by atoms with Crippen molar-refractivity contribution in [1.29, 1.82) is 0 Å². The van der Waals surface area contributed by atoms with Gasteiger partial charge in [0.25, 0.3) is 5.91 Å². The molecule has 0 bridgehead atoms. The third kappa shape index (κ3) is 4.68. The predicted molar refractivity (Wildman–Crippen MR) is 70.0 cm³/mol. The van der Waals surface area contributed by atoms with E-state index in [0.717, 1.165) is 0 Å². The van der Waals surface area contributed by atoms with Crippen LogP contribution in [0.25, 0.3) is 0 Å². The molecule has 0 saturated carbocycles. The summed E-state index contributed by atoms with van der Waals surface area (Å²) in [6.07, 6.45) is 3.05. The van der Waals surface area contributed by atoms with Crippen LogP contribution in [0.1, 0.15) is 24.2 Å². The summed E-state index contributed by atoms with van der Waals surface area (Å²) in [5, 5.41) is 2.76. The molecule has 4 N–H and O–H groups in total. The highest BCUT2D eigenvalue weighted by Crippen LogP contribution is 2.10. The molecular formula is C12H20N4O2. The molecule has 0 spiro atoms. The molecule has 1 aromatic rings. The summed E-state index contributed by atoms with van der Waals surface area (Å²) < 4.78 is 5.37. The minimum Gasteiger partial charge on any atom is -0.379 e. The molecule has 1 amide bonds. The topological polar surface area (TPSA) is 89.3 Å². The Kier molecular flexibility index (Phi) is 6.10. The quantitative estimate of drug-likeness (QED) is 0.379. The van der Waals surface area contributed by atoms with Crippen LogP contribution in [0.15, 0.2) is 18.5 Å². The van der Waals surface area contributed by atoms with E-state index in [2.05, 4.69) is 29.6 Å². The van der Waals surface area contributed by atoms with Crippen molar-refractivity contribution < 1.29 is 9.53 Å². The number of rotatable bonds is 7. The summed E-state index contributed by atoms with van der Waals surface area (Å²) >= 11 is 0. The number of carbonyl (C=O) groups is 1. The second-order valence-electron chi connectivity index (χ2n) is 4.29. The Morgan fingerprint density at radius 3 is 3.00 bits per heavy atom. The van der Waals surface area contributed by atoms with Gasteiger partial charge in [-0.05, 0) is 12.0 Å². The van der Waals surface area contributed by atoms with E-state index in [0.29, 0.717) is 36.9 Å². The van der Waals surface area contributed by atoms with Gasteiger partial charge in [-0.15, -0.1) is 0 Å². The number of pyridine rings is 1. The van der Waals surface area contributed by atoms with Gasteiger partial charge in [0.1, 0.15) is 0 Å². The van der Waals surface area contributed by atoms with Gasteiger partial charge in [-0.2, -0.15) is 0 Å². The summed E-state index contributed by atoms with van der Waals surface area (Å²) in [5.74, 6) is 5.60. The molecule has 1 rings (SSSR count). The predicted octanol–water partition coefficient (Wildman–Crippen LogP) is 0.770. The first-order valence-electron chi connectivity index (χ1n) is 5.91. The van der Waals surface area contributed by atoms with E-state index in [1.54, 1.807) is 12.3 Å². The van der Waals surface area contributed by atoms with Gasteiger partial charge in [0.15, 0.2) is 0 Å². The minimum absolute atomic E-state index is 0.196. The number of nitrogen functional groups attached to an aromatic ring is 1. The molecule has 0 fully saturated rings. The van der Waals surface area contributed by atoms with Crippen LogP contribution in [0.4, 0.5) is 5.69 Å². The number of anilines is 1. The van der Waals surface area contributed by atoms with Crippen molar-refractivity contribution in [3.8, 4) is 0 Å². The van der Waals surface area contributed by atoms with E-state index in [1.807, 2.05) is 0 Å². The van der Waals surface area contributed by atoms with Crippen LogP contribution in [0.2, 0.25) is 0 Å². The molecule has 100 valence electrons. The molecule has 0 aliphatic rings. The molecule has 0 aliphatic heterocycles. The lowest BCUT2D eigenvalue weighted by Crippen LogP contribution is -2.28. The number of ether oxygens (including phenoxy) is 1. The lowest BCUT2D eigenvalue weighted by Gasteiger charge is -2.10. The lowest BCUT2D eigenvalue weighted by molar-refractivity contribution is 0.0887. The highest BCUT2D eigenvalue weighted by atomic mass is 16.5. The Morgan fingerprint density at radius 2 is 2.33 bits per heavy atom. The third-order valence-electron chi connectivity index (χ3n) is 2.20. The zero-order chi connectivity index (χ0) is 13.4. The van der Waals surface area contributed by atoms with Crippen LogP contribution >= 0.6 is 0 Å². The van der Waals surface area contributed by atoms with Crippen LogP contribution in [0, 0.1) is 5.92 Å². The monoisotopic (exact) mass is 252 g/mol. The standard InChI is InChI=1S/C12H20N4O2/c1-9(2)8-18-6-5-15-12(17)10-3-4-14-7-11(10)16-13/h3-4,7,9,16H,5-6,8,13H2,1-2H3,(H,15,17). The maximum Gasteiger partial charge on any atom is 0.253 e. The maximum atomic E-state index is 11.8. The van der Waals surface area contributed by atoms with Gasteiger partial charge in [-0.25, -0.2) is 0 Å². The Bertz CT molecular complexity index is 382. The number of carbonyl (C=O) groups excluding carboxylic acids is 1. The first kappa shape index (κ1) is 14.4. The Morgan fingerprint density at radius 1 is 1.56 bits per heavy atom. The van der Waals surface area contributed by atoms with Crippen molar-refractivity contribution in [2.24, 2.45) is 11.8 Å². The van der Waals surface area contributed by atoms with Gasteiger partial charge >= 0.3 is 0 Å². The molecule has 6 heteroatoms. The van der Waals surface area contributed by atoms with Gasteiger partial charge in [0.2, 0.25) is 0 Å². The first-order valence-corrected chi connectivity index (χ1v) is 5.91. The van der Waals surface area contributed by atoms with E-state index >= 15 is 0 Å². The summed E-state index contributed by atoms with van der Waals surface area (Å²) in [6, 6.07) is 1.61. The van der Waals surface area contributed by atoms with Crippen molar-refractivity contribution in [2.45, 2.75) is 13.8 Å². The molecular weight excluding hydrogens is 232 g/mol. The number of aromatic nitrogens is 1. The van der Waals surface area contributed by atoms with Crippen LogP contribution < -0.4 is 16.6 Å². The largest absolute Gasteiger partial charge is 0.379 e. The molecule has 0 saturated heterocycles. The second kappa shape index (κ2) is 7.62. The van der Waals surface area contributed by atoms with Crippen LogP contribution in [0.3, 0.4) is 0 Å². The van der Waals surface area contributed by atoms with E-state index in [4.69, 9.17) is 10.6 Å². The van der Waals surface area contributed by atoms with Gasteiger partial charge in [0, 0.05) is 19.3 Å². The molecule has 18 heavy (non-hydrogen) atoms. The summed E-state index contributed by atoms with van der Waals surface area (Å²) in [5.41, 5.74) is 3.41. The first-order chi connectivity index (χ1) is 8.65.